The predicted molar refractivity (Wildman–Crippen MR) is 59.4 cm³/mol. The molecule has 0 saturated heterocycles. The van der Waals surface area contributed by atoms with Gasteiger partial charge in [-0.2, -0.15) is 0 Å². The van der Waals surface area contributed by atoms with Gasteiger partial charge < -0.3 is 5.32 Å². The SMILES string of the molecule is O=C(Nc1cc2cc(Cl)ncn2n1)C1CC1. The van der Waals surface area contributed by atoms with E-state index in [4.69, 9.17) is 11.6 Å². The Morgan fingerprint density at radius 2 is 2.31 bits per heavy atom. The molecule has 1 fully saturated rings. The highest BCUT2D eigenvalue weighted by molar-refractivity contribution is 6.29. The van der Waals surface area contributed by atoms with E-state index in [1.807, 2.05) is 0 Å². The lowest BCUT2D eigenvalue weighted by atomic mass is 10.4. The van der Waals surface area contributed by atoms with Crippen LogP contribution in [0.5, 0.6) is 0 Å². The molecule has 2 aromatic rings. The van der Waals surface area contributed by atoms with Crippen LogP contribution in [-0.4, -0.2) is 20.5 Å². The van der Waals surface area contributed by atoms with Crippen molar-refractivity contribution >= 4 is 28.8 Å². The molecule has 1 N–H and O–H groups in total. The molecule has 0 radical (unpaired) electrons. The lowest BCUT2D eigenvalue weighted by Crippen LogP contribution is -2.13. The minimum atomic E-state index is 0.0439. The second kappa shape index (κ2) is 3.45. The molecule has 16 heavy (non-hydrogen) atoms. The molecule has 3 rings (SSSR count). The Hall–Kier alpha value is -1.62. The van der Waals surface area contributed by atoms with Gasteiger partial charge >= 0.3 is 0 Å². The number of halogens is 1. The molecule has 82 valence electrons. The van der Waals surface area contributed by atoms with Crippen LogP contribution >= 0.6 is 11.6 Å². The van der Waals surface area contributed by atoms with Gasteiger partial charge in [0.25, 0.3) is 0 Å². The molecule has 0 bridgehead atoms. The van der Waals surface area contributed by atoms with E-state index in [1.54, 1.807) is 16.6 Å². The smallest absolute Gasteiger partial charge is 0.228 e. The van der Waals surface area contributed by atoms with Crippen LogP contribution in [0, 0.1) is 5.92 Å². The van der Waals surface area contributed by atoms with E-state index in [2.05, 4.69) is 15.4 Å². The standard InChI is InChI=1S/C10H9ClN4O/c11-8-3-7-4-9(14-15(7)5-12-8)13-10(16)6-1-2-6/h3-6H,1-2H2,(H,13,14,16). The summed E-state index contributed by atoms with van der Waals surface area (Å²) < 4.78 is 1.58. The van der Waals surface area contributed by atoms with Crippen molar-refractivity contribution in [3.63, 3.8) is 0 Å². The van der Waals surface area contributed by atoms with Crippen molar-refractivity contribution < 1.29 is 4.79 Å². The Kier molecular flexibility index (Phi) is 2.07. The van der Waals surface area contributed by atoms with Gasteiger partial charge in [0.15, 0.2) is 5.82 Å². The molecule has 1 saturated carbocycles. The maximum Gasteiger partial charge on any atom is 0.228 e. The van der Waals surface area contributed by atoms with Crippen molar-refractivity contribution in [2.75, 3.05) is 5.32 Å². The number of nitrogens with zero attached hydrogens (tertiary/aromatic N) is 3. The minimum Gasteiger partial charge on any atom is -0.309 e. The Balaban J connectivity index is 1.89. The fourth-order valence-electron chi connectivity index (χ4n) is 1.51. The summed E-state index contributed by atoms with van der Waals surface area (Å²) in [6.45, 7) is 0. The molecule has 0 aromatic carbocycles. The number of aromatic nitrogens is 3. The fourth-order valence-corrected chi connectivity index (χ4v) is 1.67. The second-order valence-corrected chi connectivity index (χ2v) is 4.26. The number of amides is 1. The molecular formula is C10H9ClN4O. The number of fused-ring (bicyclic) bond motifs is 1. The topological polar surface area (TPSA) is 59.3 Å². The molecule has 6 heteroatoms. The maximum absolute atomic E-state index is 11.5. The number of rotatable bonds is 2. The molecular weight excluding hydrogens is 228 g/mol. The van der Waals surface area contributed by atoms with E-state index in [0.29, 0.717) is 11.0 Å². The van der Waals surface area contributed by atoms with E-state index >= 15 is 0 Å². The number of hydrogen-bond acceptors (Lipinski definition) is 3. The third-order valence-corrected chi connectivity index (χ3v) is 2.73. The van der Waals surface area contributed by atoms with Crippen molar-refractivity contribution in [2.24, 2.45) is 5.92 Å². The highest BCUT2D eigenvalue weighted by Gasteiger charge is 2.29. The van der Waals surface area contributed by atoms with Crippen LogP contribution in [-0.2, 0) is 4.79 Å². The lowest BCUT2D eigenvalue weighted by Gasteiger charge is -1.97. The largest absolute Gasteiger partial charge is 0.309 e. The van der Waals surface area contributed by atoms with Crippen molar-refractivity contribution in [2.45, 2.75) is 12.8 Å². The number of carbonyl (C=O) groups excluding carboxylic acids is 1. The van der Waals surface area contributed by atoms with Crippen LogP contribution in [0.2, 0.25) is 5.15 Å². The van der Waals surface area contributed by atoms with Gasteiger partial charge in [0.1, 0.15) is 11.5 Å². The normalized spacial score (nSPS) is 15.3. The first-order chi connectivity index (χ1) is 7.72. The summed E-state index contributed by atoms with van der Waals surface area (Å²) in [5.74, 6) is 0.759. The molecule has 1 aliphatic rings. The quantitative estimate of drug-likeness (QED) is 0.808. The minimum absolute atomic E-state index is 0.0439. The maximum atomic E-state index is 11.5. The first kappa shape index (κ1) is 9.59. The van der Waals surface area contributed by atoms with Crippen molar-refractivity contribution in [1.29, 1.82) is 0 Å². The van der Waals surface area contributed by atoms with Crippen LogP contribution in [0.25, 0.3) is 5.52 Å². The predicted octanol–water partition coefficient (Wildman–Crippen LogP) is 1.73. The Labute approximate surface area is 96.4 Å². The van der Waals surface area contributed by atoms with E-state index in [9.17, 15) is 4.79 Å². The molecule has 0 aliphatic heterocycles. The van der Waals surface area contributed by atoms with E-state index in [0.717, 1.165) is 18.4 Å². The Morgan fingerprint density at radius 3 is 3.06 bits per heavy atom. The second-order valence-electron chi connectivity index (χ2n) is 3.87. The molecule has 1 aliphatic carbocycles. The first-order valence-corrected chi connectivity index (χ1v) is 5.42. The van der Waals surface area contributed by atoms with E-state index in [-0.39, 0.29) is 11.8 Å². The van der Waals surface area contributed by atoms with Crippen molar-refractivity contribution in [1.82, 2.24) is 14.6 Å². The third kappa shape index (κ3) is 1.74. The summed E-state index contributed by atoms with van der Waals surface area (Å²) in [5.41, 5.74) is 0.811. The van der Waals surface area contributed by atoms with Gasteiger partial charge in [-0.3, -0.25) is 4.79 Å². The molecule has 0 atom stereocenters. The van der Waals surface area contributed by atoms with Crippen LogP contribution < -0.4 is 5.32 Å². The van der Waals surface area contributed by atoms with Crippen molar-refractivity contribution in [3.8, 4) is 0 Å². The average Bonchev–Trinajstić information content (AvgIpc) is 3.00. The monoisotopic (exact) mass is 236 g/mol. The van der Waals surface area contributed by atoms with Gasteiger partial charge in [-0.05, 0) is 12.8 Å². The highest BCUT2D eigenvalue weighted by atomic mass is 35.5. The highest BCUT2D eigenvalue weighted by Crippen LogP contribution is 2.30. The third-order valence-electron chi connectivity index (χ3n) is 2.52. The summed E-state index contributed by atoms with van der Waals surface area (Å²) in [6, 6.07) is 3.47. The zero-order valence-electron chi connectivity index (χ0n) is 8.35. The Morgan fingerprint density at radius 1 is 1.50 bits per heavy atom. The lowest BCUT2D eigenvalue weighted by molar-refractivity contribution is -0.117. The summed E-state index contributed by atoms with van der Waals surface area (Å²) in [6.07, 6.45) is 3.48. The molecule has 0 spiro atoms. The number of nitrogens with one attached hydrogen (secondary N) is 1. The molecule has 2 heterocycles. The molecule has 1 amide bonds. The number of hydrogen-bond donors (Lipinski definition) is 1. The average molecular weight is 237 g/mol. The fraction of sp³-hybridized carbons (Fsp3) is 0.300. The zero-order chi connectivity index (χ0) is 11.1. The van der Waals surface area contributed by atoms with E-state index in [1.165, 1.54) is 6.33 Å². The molecule has 2 aromatic heterocycles. The first-order valence-electron chi connectivity index (χ1n) is 5.04. The summed E-state index contributed by atoms with van der Waals surface area (Å²) in [4.78, 5) is 15.4. The van der Waals surface area contributed by atoms with Crippen LogP contribution in [0.15, 0.2) is 18.5 Å². The van der Waals surface area contributed by atoms with E-state index < -0.39 is 0 Å². The summed E-state index contributed by atoms with van der Waals surface area (Å²) in [7, 11) is 0. The van der Waals surface area contributed by atoms with Gasteiger partial charge in [0.2, 0.25) is 5.91 Å². The number of carbonyl (C=O) groups is 1. The van der Waals surface area contributed by atoms with Gasteiger partial charge in [0.05, 0.1) is 5.52 Å². The summed E-state index contributed by atoms with van der Waals surface area (Å²) in [5, 5.41) is 7.35. The van der Waals surface area contributed by atoms with Crippen LogP contribution in [0.4, 0.5) is 5.82 Å². The van der Waals surface area contributed by atoms with Gasteiger partial charge in [-0.25, -0.2) is 9.50 Å². The Bertz CT molecular complexity index is 561. The van der Waals surface area contributed by atoms with Gasteiger partial charge in [-0.15, -0.1) is 5.10 Å². The van der Waals surface area contributed by atoms with Crippen LogP contribution in [0.1, 0.15) is 12.8 Å². The van der Waals surface area contributed by atoms with Crippen LogP contribution in [0.3, 0.4) is 0 Å². The van der Waals surface area contributed by atoms with Gasteiger partial charge in [0, 0.05) is 18.1 Å². The number of anilines is 1. The van der Waals surface area contributed by atoms with Gasteiger partial charge in [-0.1, -0.05) is 11.6 Å². The molecule has 5 nitrogen and oxygen atoms in total. The zero-order valence-corrected chi connectivity index (χ0v) is 9.11. The van der Waals surface area contributed by atoms with Crippen molar-refractivity contribution in [3.05, 3.63) is 23.6 Å². The summed E-state index contributed by atoms with van der Waals surface area (Å²) >= 11 is 5.75. The molecule has 0 unspecified atom stereocenters.